The number of rotatable bonds is 6. The average Bonchev–Trinajstić information content (AvgIpc) is 2.33. The van der Waals surface area contributed by atoms with Crippen LogP contribution in [0.25, 0.3) is 0 Å². The quantitative estimate of drug-likeness (QED) is 0.772. The summed E-state index contributed by atoms with van der Waals surface area (Å²) in [4.78, 5) is 0. The molecule has 0 aliphatic heterocycles. The highest BCUT2D eigenvalue weighted by molar-refractivity contribution is 6.36. The Balaban J connectivity index is 2.94. The second-order valence-corrected chi connectivity index (χ2v) is 5.79. The van der Waals surface area contributed by atoms with Gasteiger partial charge >= 0.3 is 0 Å². The molecular formula is C14H20Cl2FNO. The minimum atomic E-state index is -0.474. The van der Waals surface area contributed by atoms with Gasteiger partial charge in [0.1, 0.15) is 5.82 Å². The Bertz CT molecular complexity index is 426. The van der Waals surface area contributed by atoms with Crippen molar-refractivity contribution in [2.75, 3.05) is 6.61 Å². The fourth-order valence-electron chi connectivity index (χ4n) is 2.09. The molecule has 0 fully saturated rings. The van der Waals surface area contributed by atoms with Crippen LogP contribution < -0.4 is 5.32 Å². The summed E-state index contributed by atoms with van der Waals surface area (Å²) < 4.78 is 13.5. The van der Waals surface area contributed by atoms with Gasteiger partial charge in [0.2, 0.25) is 0 Å². The van der Waals surface area contributed by atoms with Gasteiger partial charge in [0.25, 0.3) is 0 Å². The van der Waals surface area contributed by atoms with Crippen molar-refractivity contribution in [2.45, 2.75) is 39.3 Å². The van der Waals surface area contributed by atoms with Crippen LogP contribution in [-0.2, 0) is 0 Å². The molecule has 0 aliphatic rings. The maximum atomic E-state index is 13.5. The van der Waals surface area contributed by atoms with Crippen molar-refractivity contribution < 1.29 is 9.50 Å². The first-order valence-corrected chi connectivity index (χ1v) is 7.14. The van der Waals surface area contributed by atoms with Crippen LogP contribution in [0, 0.1) is 11.7 Å². The normalized spacial score (nSPS) is 14.7. The predicted octanol–water partition coefficient (Wildman–Crippen LogP) is 4.19. The van der Waals surface area contributed by atoms with Gasteiger partial charge in [-0.1, -0.05) is 37.0 Å². The molecule has 2 atom stereocenters. The molecule has 1 aromatic carbocycles. The topological polar surface area (TPSA) is 32.3 Å². The maximum Gasteiger partial charge on any atom is 0.142 e. The van der Waals surface area contributed by atoms with Gasteiger partial charge in [0.15, 0.2) is 0 Å². The number of benzene rings is 1. The Morgan fingerprint density at radius 3 is 2.42 bits per heavy atom. The van der Waals surface area contributed by atoms with E-state index in [0.29, 0.717) is 22.9 Å². The van der Waals surface area contributed by atoms with E-state index in [1.807, 2.05) is 6.92 Å². The summed E-state index contributed by atoms with van der Waals surface area (Å²) in [6.45, 7) is 6.12. The van der Waals surface area contributed by atoms with Gasteiger partial charge in [0, 0.05) is 29.3 Å². The van der Waals surface area contributed by atoms with E-state index < -0.39 is 5.82 Å². The van der Waals surface area contributed by atoms with Crippen LogP contribution in [0.1, 0.15) is 38.8 Å². The van der Waals surface area contributed by atoms with Gasteiger partial charge in [-0.3, -0.25) is 0 Å². The van der Waals surface area contributed by atoms with Gasteiger partial charge in [-0.05, 0) is 31.4 Å². The summed E-state index contributed by atoms with van der Waals surface area (Å²) in [5.74, 6) is -0.126. The molecule has 0 bridgehead atoms. The van der Waals surface area contributed by atoms with Crippen LogP contribution in [0.5, 0.6) is 0 Å². The zero-order valence-corrected chi connectivity index (χ0v) is 12.9. The molecule has 0 saturated carbocycles. The summed E-state index contributed by atoms with van der Waals surface area (Å²) >= 11 is 12.1. The molecular weight excluding hydrogens is 288 g/mol. The van der Waals surface area contributed by atoms with Gasteiger partial charge in [0.05, 0.1) is 5.02 Å². The summed E-state index contributed by atoms with van der Waals surface area (Å²) in [5, 5.41) is 12.9. The molecule has 0 amide bonds. The molecule has 2 unspecified atom stereocenters. The minimum absolute atomic E-state index is 0.0546. The number of aliphatic hydroxyl groups excluding tert-OH is 1. The summed E-state index contributed by atoms with van der Waals surface area (Å²) in [7, 11) is 0. The molecule has 108 valence electrons. The third kappa shape index (κ3) is 4.32. The molecule has 0 heterocycles. The summed E-state index contributed by atoms with van der Waals surface area (Å²) in [6, 6.07) is 2.70. The lowest BCUT2D eigenvalue weighted by Crippen LogP contribution is -2.36. The van der Waals surface area contributed by atoms with Crippen LogP contribution in [-0.4, -0.2) is 17.8 Å². The fraction of sp³-hybridized carbons (Fsp3) is 0.571. The molecule has 5 heteroatoms. The molecule has 0 spiro atoms. The van der Waals surface area contributed by atoms with Crippen molar-refractivity contribution in [1.29, 1.82) is 0 Å². The fourth-order valence-corrected chi connectivity index (χ4v) is 2.79. The van der Waals surface area contributed by atoms with Crippen molar-refractivity contribution in [3.8, 4) is 0 Å². The number of aliphatic hydroxyl groups is 1. The monoisotopic (exact) mass is 307 g/mol. The molecule has 1 rings (SSSR count). The van der Waals surface area contributed by atoms with Crippen molar-refractivity contribution in [2.24, 2.45) is 5.92 Å². The van der Waals surface area contributed by atoms with Crippen LogP contribution in [0.15, 0.2) is 12.1 Å². The van der Waals surface area contributed by atoms with Crippen LogP contribution >= 0.6 is 23.2 Å². The number of halogens is 3. The Hall–Kier alpha value is -0.350. The molecule has 19 heavy (non-hydrogen) atoms. The highest BCUT2D eigenvalue weighted by Crippen LogP contribution is 2.32. The highest BCUT2D eigenvalue weighted by Gasteiger charge is 2.21. The van der Waals surface area contributed by atoms with Crippen molar-refractivity contribution in [1.82, 2.24) is 5.32 Å². The highest BCUT2D eigenvalue weighted by atomic mass is 35.5. The van der Waals surface area contributed by atoms with E-state index in [9.17, 15) is 4.39 Å². The third-order valence-corrected chi connectivity index (χ3v) is 3.94. The first kappa shape index (κ1) is 16.7. The Morgan fingerprint density at radius 2 is 1.89 bits per heavy atom. The number of nitrogens with one attached hydrogen (secondary N) is 1. The first-order valence-electron chi connectivity index (χ1n) is 6.38. The lowest BCUT2D eigenvalue weighted by atomic mass is 9.98. The van der Waals surface area contributed by atoms with E-state index in [0.717, 1.165) is 0 Å². The van der Waals surface area contributed by atoms with E-state index in [-0.39, 0.29) is 23.7 Å². The van der Waals surface area contributed by atoms with E-state index in [2.05, 4.69) is 19.2 Å². The SMILES string of the molecule is CC(NC(CCO)C(C)C)c1c(Cl)ccc(F)c1Cl. The van der Waals surface area contributed by atoms with E-state index in [1.54, 1.807) is 0 Å². The van der Waals surface area contributed by atoms with Gasteiger partial charge in [-0.15, -0.1) is 0 Å². The molecule has 2 nitrogen and oxygen atoms in total. The van der Waals surface area contributed by atoms with Crippen LogP contribution in [0.3, 0.4) is 0 Å². The van der Waals surface area contributed by atoms with Crippen molar-refractivity contribution >= 4 is 23.2 Å². The zero-order valence-electron chi connectivity index (χ0n) is 11.4. The largest absolute Gasteiger partial charge is 0.396 e. The van der Waals surface area contributed by atoms with Crippen LogP contribution in [0.2, 0.25) is 10.0 Å². The molecule has 0 saturated heterocycles. The summed E-state index contributed by atoms with van der Waals surface area (Å²) in [6.07, 6.45) is 0.632. The standard InChI is InChI=1S/C14H20Cl2FNO/c1-8(2)12(6-7-19)18-9(3)13-10(15)4-5-11(17)14(13)16/h4-5,8-9,12,18-19H,6-7H2,1-3H3. The maximum absolute atomic E-state index is 13.5. The number of hydrogen-bond donors (Lipinski definition) is 2. The van der Waals surface area contributed by atoms with E-state index in [4.69, 9.17) is 28.3 Å². The Labute approximate surface area is 123 Å². The third-order valence-electron chi connectivity index (χ3n) is 3.22. The molecule has 0 aliphatic carbocycles. The van der Waals surface area contributed by atoms with Crippen molar-refractivity contribution in [3.05, 3.63) is 33.6 Å². The average molecular weight is 308 g/mol. The second kappa shape index (κ2) is 7.44. The number of hydrogen-bond acceptors (Lipinski definition) is 2. The van der Waals surface area contributed by atoms with E-state index in [1.165, 1.54) is 12.1 Å². The van der Waals surface area contributed by atoms with Crippen LogP contribution in [0.4, 0.5) is 4.39 Å². The Kier molecular flexibility index (Phi) is 6.54. The second-order valence-electron chi connectivity index (χ2n) is 5.01. The lowest BCUT2D eigenvalue weighted by Gasteiger charge is -2.27. The predicted molar refractivity (Wildman–Crippen MR) is 78.3 cm³/mol. The molecule has 1 aromatic rings. The smallest absolute Gasteiger partial charge is 0.142 e. The Morgan fingerprint density at radius 1 is 1.26 bits per heavy atom. The van der Waals surface area contributed by atoms with Crippen molar-refractivity contribution in [3.63, 3.8) is 0 Å². The molecule has 2 N–H and O–H groups in total. The molecule has 0 radical (unpaired) electrons. The van der Waals surface area contributed by atoms with Gasteiger partial charge in [-0.25, -0.2) is 4.39 Å². The summed E-state index contributed by atoms with van der Waals surface area (Å²) in [5.41, 5.74) is 0.562. The van der Waals surface area contributed by atoms with E-state index >= 15 is 0 Å². The van der Waals surface area contributed by atoms with Gasteiger partial charge in [-0.2, -0.15) is 0 Å². The molecule has 0 aromatic heterocycles. The zero-order chi connectivity index (χ0) is 14.6. The first-order chi connectivity index (χ1) is 8.88. The van der Waals surface area contributed by atoms with Gasteiger partial charge < -0.3 is 10.4 Å². The minimum Gasteiger partial charge on any atom is -0.396 e. The lowest BCUT2D eigenvalue weighted by molar-refractivity contribution is 0.237.